The van der Waals surface area contributed by atoms with E-state index in [1.54, 1.807) is 0 Å². The van der Waals surface area contributed by atoms with Gasteiger partial charge in [0.25, 0.3) is 0 Å². The Hall–Kier alpha value is -0.00857. The minimum absolute atomic E-state index is 0. The molecule has 0 saturated heterocycles. The molecule has 0 saturated carbocycles. The van der Waals surface area contributed by atoms with Crippen LogP contribution in [-0.2, 0) is 9.59 Å². The summed E-state index contributed by atoms with van der Waals surface area (Å²) >= 11 is 0. The number of carboxylic acid groups (broad SMARTS) is 2. The van der Waals surface area contributed by atoms with Crippen LogP contribution in [0.4, 0.5) is 0 Å². The fourth-order valence-electron chi connectivity index (χ4n) is 3.99. The van der Waals surface area contributed by atoms with Gasteiger partial charge in [-0.05, 0) is 64.2 Å². The third-order valence-corrected chi connectivity index (χ3v) is 6.30. The van der Waals surface area contributed by atoms with Gasteiger partial charge in [0.2, 0.25) is 0 Å². The van der Waals surface area contributed by atoms with Crippen molar-refractivity contribution in [2.24, 2.45) is 0 Å². The topological polar surface area (TPSA) is 74.6 Å². The Balaban J connectivity index is -0.000000608. The first-order valence-electron chi connectivity index (χ1n) is 15.3. The fraction of sp³-hybridized carbons (Fsp3) is 0.812. The number of hydrogen-bond acceptors (Lipinski definition) is 2. The predicted molar refractivity (Wildman–Crippen MR) is 161 cm³/mol. The van der Waals surface area contributed by atoms with E-state index in [-0.39, 0.29) is 48.9 Å². The number of carbonyl (C=O) groups is 2. The number of unbranched alkanes of at least 4 members (excludes halogenated alkanes) is 18. The molecule has 0 aliphatic rings. The molecule has 0 aliphatic heterocycles. The molecule has 5 heteroatoms. The van der Waals surface area contributed by atoms with Crippen LogP contribution in [-0.4, -0.2) is 71.0 Å². The van der Waals surface area contributed by atoms with Gasteiger partial charge in [-0.2, -0.15) is 0 Å². The summed E-state index contributed by atoms with van der Waals surface area (Å²) in [5.74, 6) is -1.33. The Kier molecular flexibility index (Phi) is 42.8. The van der Waals surface area contributed by atoms with E-state index in [2.05, 4.69) is 38.2 Å². The first kappa shape index (κ1) is 41.5. The quantitative estimate of drug-likeness (QED) is 0.0558. The largest absolute Gasteiger partial charge is 0.481 e. The molecular weight excluding hydrogens is 586 g/mol. The van der Waals surface area contributed by atoms with E-state index in [1.807, 2.05) is 0 Å². The number of allylic oxidation sites excluding steroid dienone is 4. The van der Waals surface area contributed by atoms with Crippen LogP contribution in [0, 0.1) is 0 Å². The Morgan fingerprint density at radius 2 is 0.676 bits per heavy atom. The zero-order valence-corrected chi connectivity index (χ0v) is 29.1. The van der Waals surface area contributed by atoms with E-state index >= 15 is 0 Å². The minimum Gasteiger partial charge on any atom is -0.481 e. The molecule has 2 radical (unpaired) electrons. The molecular formula is C32H60BaO4. The molecule has 2 N–H and O–H groups in total. The van der Waals surface area contributed by atoms with Gasteiger partial charge in [-0.15, -0.1) is 0 Å². The van der Waals surface area contributed by atoms with Gasteiger partial charge in [0, 0.05) is 61.7 Å². The average Bonchev–Trinajstić information content (AvgIpc) is 2.85. The normalized spacial score (nSPS) is 10.9. The molecule has 0 amide bonds. The summed E-state index contributed by atoms with van der Waals surface area (Å²) in [5, 5.41) is 17.0. The van der Waals surface area contributed by atoms with Crippen molar-refractivity contribution in [1.29, 1.82) is 0 Å². The van der Waals surface area contributed by atoms with Gasteiger partial charge in [0.1, 0.15) is 0 Å². The Morgan fingerprint density at radius 1 is 0.432 bits per heavy atom. The molecule has 0 aromatic rings. The second-order valence-electron chi connectivity index (χ2n) is 10.0. The van der Waals surface area contributed by atoms with Crippen molar-refractivity contribution in [1.82, 2.24) is 0 Å². The van der Waals surface area contributed by atoms with E-state index in [4.69, 9.17) is 10.2 Å². The second-order valence-corrected chi connectivity index (χ2v) is 10.0. The molecule has 0 fully saturated rings. The monoisotopic (exact) mass is 646 g/mol. The smallest absolute Gasteiger partial charge is 0.303 e. The molecule has 0 aromatic carbocycles. The third-order valence-electron chi connectivity index (χ3n) is 6.30. The van der Waals surface area contributed by atoms with Gasteiger partial charge in [-0.25, -0.2) is 0 Å². The molecule has 0 unspecified atom stereocenters. The van der Waals surface area contributed by atoms with Gasteiger partial charge in [0.05, 0.1) is 0 Å². The van der Waals surface area contributed by atoms with Crippen molar-refractivity contribution in [3.63, 3.8) is 0 Å². The zero-order valence-electron chi connectivity index (χ0n) is 24.7. The van der Waals surface area contributed by atoms with Gasteiger partial charge in [-0.3, -0.25) is 9.59 Å². The number of aliphatic carboxylic acids is 2. The van der Waals surface area contributed by atoms with E-state index < -0.39 is 11.9 Å². The Labute approximate surface area is 270 Å². The van der Waals surface area contributed by atoms with Crippen LogP contribution in [0.2, 0.25) is 0 Å². The van der Waals surface area contributed by atoms with Crippen LogP contribution in [0.5, 0.6) is 0 Å². The average molecular weight is 646 g/mol. The van der Waals surface area contributed by atoms with Crippen LogP contribution in [0.1, 0.15) is 168 Å². The summed E-state index contributed by atoms with van der Waals surface area (Å²) in [5.41, 5.74) is 0. The first-order valence-corrected chi connectivity index (χ1v) is 15.3. The molecule has 0 rings (SSSR count). The summed E-state index contributed by atoms with van der Waals surface area (Å²) in [7, 11) is 0. The SMILES string of the molecule is CCCCCC/C=C\CCCCCCCC(=O)O.CCCCCC/C=C\CCCCCCCC(=O)O.[Ba]. The van der Waals surface area contributed by atoms with Crippen molar-refractivity contribution < 1.29 is 19.8 Å². The van der Waals surface area contributed by atoms with Crippen molar-refractivity contribution in [3.8, 4) is 0 Å². The summed E-state index contributed by atoms with van der Waals surface area (Å²) in [4.78, 5) is 20.6. The molecule has 214 valence electrons. The van der Waals surface area contributed by atoms with Crippen molar-refractivity contribution in [3.05, 3.63) is 24.3 Å². The van der Waals surface area contributed by atoms with Crippen molar-refractivity contribution in [2.75, 3.05) is 0 Å². The third kappa shape index (κ3) is 46.2. The zero-order chi connectivity index (χ0) is 27.0. The molecule has 37 heavy (non-hydrogen) atoms. The number of hydrogen-bond donors (Lipinski definition) is 2. The maximum Gasteiger partial charge on any atom is 0.303 e. The molecule has 0 aliphatic carbocycles. The van der Waals surface area contributed by atoms with E-state index in [0.29, 0.717) is 12.8 Å². The van der Waals surface area contributed by atoms with Gasteiger partial charge in [0.15, 0.2) is 0 Å². The van der Waals surface area contributed by atoms with Gasteiger partial charge < -0.3 is 10.2 Å². The molecule has 0 aromatic heterocycles. The number of carboxylic acids is 2. The maximum atomic E-state index is 10.3. The van der Waals surface area contributed by atoms with Crippen LogP contribution in [0.25, 0.3) is 0 Å². The Morgan fingerprint density at radius 3 is 0.946 bits per heavy atom. The standard InChI is InChI=1S/2C16H30O2.Ba/c2*1-2-3-4-5-6-7-8-9-10-11-12-13-14-15-16(17)18;/h2*7-8H,2-6,9-15H2,1H3,(H,17,18);/b2*8-7-;. The van der Waals surface area contributed by atoms with Gasteiger partial charge >= 0.3 is 11.9 Å². The van der Waals surface area contributed by atoms with E-state index in [0.717, 1.165) is 25.7 Å². The molecule has 0 atom stereocenters. The van der Waals surface area contributed by atoms with Crippen LogP contribution in [0.3, 0.4) is 0 Å². The number of rotatable bonds is 26. The summed E-state index contributed by atoms with van der Waals surface area (Å²) in [6.45, 7) is 4.48. The molecule has 0 spiro atoms. The Bertz CT molecular complexity index is 471. The van der Waals surface area contributed by atoms with E-state index in [1.165, 1.54) is 116 Å². The molecule has 4 nitrogen and oxygen atoms in total. The fourth-order valence-corrected chi connectivity index (χ4v) is 3.99. The maximum absolute atomic E-state index is 10.3. The summed E-state index contributed by atoms with van der Waals surface area (Å²) in [6, 6.07) is 0. The van der Waals surface area contributed by atoms with Crippen LogP contribution >= 0.6 is 0 Å². The van der Waals surface area contributed by atoms with Crippen LogP contribution < -0.4 is 0 Å². The second kappa shape index (κ2) is 38.1. The first-order chi connectivity index (χ1) is 17.5. The van der Waals surface area contributed by atoms with Crippen molar-refractivity contribution in [2.45, 2.75) is 168 Å². The summed E-state index contributed by atoms with van der Waals surface area (Å²) < 4.78 is 0. The van der Waals surface area contributed by atoms with Crippen LogP contribution in [0.15, 0.2) is 24.3 Å². The predicted octanol–water partition coefficient (Wildman–Crippen LogP) is 10.3. The van der Waals surface area contributed by atoms with Gasteiger partial charge in [-0.1, -0.05) is 115 Å². The minimum atomic E-state index is -0.666. The van der Waals surface area contributed by atoms with Crippen molar-refractivity contribution >= 4 is 60.8 Å². The summed E-state index contributed by atoms with van der Waals surface area (Å²) in [6.07, 6.45) is 36.6. The molecule has 0 bridgehead atoms. The molecule has 0 heterocycles. The van der Waals surface area contributed by atoms with E-state index in [9.17, 15) is 9.59 Å².